The van der Waals surface area contributed by atoms with Gasteiger partial charge in [0.15, 0.2) is 34.9 Å². The zero-order valence-electron chi connectivity index (χ0n) is 48.9. The minimum absolute atomic E-state index is 0.0349. The third kappa shape index (κ3) is 13.8. The first kappa shape index (κ1) is 60.7. The highest BCUT2D eigenvalue weighted by atomic mass is 19.2. The summed E-state index contributed by atoms with van der Waals surface area (Å²) in [4.78, 5) is 0. The van der Waals surface area contributed by atoms with E-state index < -0.39 is 46.5 Å². The van der Waals surface area contributed by atoms with Crippen LogP contribution >= 0.6 is 0 Å². The minimum atomic E-state index is -0.981. The number of ether oxygens (including phenoxy) is 2. The molecule has 0 aliphatic carbocycles. The van der Waals surface area contributed by atoms with Crippen molar-refractivity contribution in [2.45, 2.75) is 79.4 Å². The number of aryl methyl sites for hydroxylation is 4. The molecule has 0 saturated carbocycles. The molecule has 12 rings (SSSR count). The smallest absolute Gasteiger partial charge is 0.167 e. The summed E-state index contributed by atoms with van der Waals surface area (Å²) in [5.41, 5.74) is 11.1. The minimum Gasteiger partial charge on any atom is -0.373 e. The molecule has 10 aromatic rings. The molecule has 4 atom stereocenters. The average molecular weight is 1160 g/mol. The average Bonchev–Trinajstić information content (AvgIpc) is 2.93. The summed E-state index contributed by atoms with van der Waals surface area (Å²) in [7, 11) is 0. The lowest BCUT2D eigenvalue weighted by Crippen LogP contribution is -2.18. The Bertz CT molecular complexity index is 3970. The lowest BCUT2D eigenvalue weighted by atomic mass is 9.94. The fourth-order valence-electron chi connectivity index (χ4n) is 10.9. The quantitative estimate of drug-likeness (QED) is 0.134. The zero-order valence-corrected chi connectivity index (χ0v) is 48.9. The van der Waals surface area contributed by atoms with Gasteiger partial charge in [0.2, 0.25) is 0 Å². The summed E-state index contributed by atoms with van der Waals surface area (Å²) >= 11 is 0. The first-order chi connectivity index (χ1) is 41.4. The van der Waals surface area contributed by atoms with Crippen LogP contribution < -0.4 is 0 Å². The highest BCUT2D eigenvalue weighted by Crippen LogP contribution is 2.39. The van der Waals surface area contributed by atoms with E-state index in [0.29, 0.717) is 56.3 Å². The van der Waals surface area contributed by atoms with Crippen molar-refractivity contribution in [3.05, 3.63) is 274 Å². The van der Waals surface area contributed by atoms with Gasteiger partial charge in [0.05, 0.1) is 12.2 Å². The number of halogens is 8. The topological polar surface area (TPSA) is 18.5 Å². The van der Waals surface area contributed by atoms with Crippen molar-refractivity contribution in [3.63, 3.8) is 0 Å². The Balaban J connectivity index is 0.000000143. The van der Waals surface area contributed by atoms with Gasteiger partial charge in [-0.05, 0) is 133 Å². The zero-order chi connectivity index (χ0) is 60.8. The second kappa shape index (κ2) is 26.9. The Hall–Kier alpha value is -8.44. The van der Waals surface area contributed by atoms with Crippen molar-refractivity contribution in [2.24, 2.45) is 11.8 Å². The molecule has 0 N–H and O–H groups in total. The predicted molar refractivity (Wildman–Crippen MR) is 330 cm³/mol. The molecule has 2 aliphatic heterocycles. The van der Waals surface area contributed by atoms with Crippen molar-refractivity contribution < 1.29 is 44.6 Å². The van der Waals surface area contributed by atoms with E-state index in [1.807, 2.05) is 118 Å². The Morgan fingerprint density at radius 1 is 0.279 bits per heavy atom. The molecule has 0 amide bonds. The maximum Gasteiger partial charge on any atom is 0.167 e. The molecular weight excluding hydrogens is 1100 g/mol. The van der Waals surface area contributed by atoms with Crippen molar-refractivity contribution in [3.8, 4) is 77.9 Å². The van der Waals surface area contributed by atoms with Gasteiger partial charge in [0.1, 0.15) is 11.6 Å². The second-order valence-electron chi connectivity index (χ2n) is 22.9. The molecule has 0 radical (unpaired) electrons. The fourth-order valence-corrected chi connectivity index (χ4v) is 10.9. The molecule has 86 heavy (non-hydrogen) atoms. The molecule has 438 valence electrons. The van der Waals surface area contributed by atoms with Crippen LogP contribution in [0.25, 0.3) is 77.9 Å². The van der Waals surface area contributed by atoms with Crippen LogP contribution in [0.1, 0.15) is 85.1 Å². The Labute approximate surface area is 498 Å². The molecule has 2 nitrogen and oxygen atoms in total. The number of hydrogen-bond acceptors (Lipinski definition) is 2. The van der Waals surface area contributed by atoms with Gasteiger partial charge in [-0.1, -0.05) is 213 Å². The van der Waals surface area contributed by atoms with E-state index in [0.717, 1.165) is 72.3 Å². The maximum absolute atomic E-state index is 14.8. The predicted octanol–water partition coefficient (Wildman–Crippen LogP) is 22.1. The summed E-state index contributed by atoms with van der Waals surface area (Å²) in [6.45, 7) is 13.4. The standard InChI is InChI=1S/C26H19F3.C25H23F3O.C25H24F2O/c1-16-3-7-18(8-4-16)21-12-11-20(15-24(21)27)23-14-13-22(25(28)26(23)29)19-9-5-17(2)6-10-19;1-15-3-12-23(29-14-15)18-8-6-17(7-9-18)20-10-11-21(25(28)24(20)27)19-5-4-16(2)22(26)13-19;1-16-3-6-18(7-4-16)21-12-13-22(25(27)24(21)26)19-8-10-20(11-9-19)23-14-5-17(2)15-28-23/h3-15H,1-2H3;4-11,13,15,23H,3,12,14H2,1-2H3;3-4,6-13,17,23H,5,14-15H2,1-2H3. The van der Waals surface area contributed by atoms with Crippen molar-refractivity contribution >= 4 is 0 Å². The van der Waals surface area contributed by atoms with Gasteiger partial charge in [-0.3, -0.25) is 0 Å². The Kier molecular flexibility index (Phi) is 19.0. The molecule has 2 saturated heterocycles. The van der Waals surface area contributed by atoms with Crippen LogP contribution in [0.4, 0.5) is 35.1 Å². The summed E-state index contributed by atoms with van der Waals surface area (Å²) in [6, 6.07) is 55.3. The first-order valence-corrected chi connectivity index (χ1v) is 29.1. The highest BCUT2D eigenvalue weighted by Gasteiger charge is 2.24. The highest BCUT2D eigenvalue weighted by molar-refractivity contribution is 5.76. The number of hydrogen-bond donors (Lipinski definition) is 0. The monoisotopic (exact) mass is 1160 g/mol. The van der Waals surface area contributed by atoms with Gasteiger partial charge < -0.3 is 9.47 Å². The van der Waals surface area contributed by atoms with E-state index in [1.165, 1.54) is 30.3 Å². The first-order valence-electron chi connectivity index (χ1n) is 29.1. The lowest BCUT2D eigenvalue weighted by Gasteiger charge is -2.27. The molecule has 10 aromatic carbocycles. The Morgan fingerprint density at radius 2 is 0.535 bits per heavy atom. The van der Waals surface area contributed by atoms with Crippen LogP contribution in [-0.2, 0) is 9.47 Å². The largest absolute Gasteiger partial charge is 0.373 e. The van der Waals surface area contributed by atoms with E-state index in [-0.39, 0.29) is 45.6 Å². The van der Waals surface area contributed by atoms with Gasteiger partial charge in [-0.2, -0.15) is 0 Å². The molecular formula is C76H66F8O2. The van der Waals surface area contributed by atoms with Crippen LogP contribution in [0.15, 0.2) is 194 Å². The van der Waals surface area contributed by atoms with Gasteiger partial charge in [0.25, 0.3) is 0 Å². The van der Waals surface area contributed by atoms with Crippen molar-refractivity contribution in [1.29, 1.82) is 0 Å². The molecule has 0 bridgehead atoms. The van der Waals surface area contributed by atoms with Crippen LogP contribution in [-0.4, -0.2) is 13.2 Å². The maximum atomic E-state index is 14.8. The lowest BCUT2D eigenvalue weighted by molar-refractivity contribution is -0.0124. The Morgan fingerprint density at radius 3 is 0.826 bits per heavy atom. The van der Waals surface area contributed by atoms with Gasteiger partial charge in [-0.15, -0.1) is 0 Å². The molecule has 2 fully saturated rings. The van der Waals surface area contributed by atoms with Gasteiger partial charge >= 0.3 is 0 Å². The second-order valence-corrected chi connectivity index (χ2v) is 22.9. The van der Waals surface area contributed by atoms with Gasteiger partial charge in [-0.25, -0.2) is 35.1 Å². The van der Waals surface area contributed by atoms with Gasteiger partial charge in [0, 0.05) is 52.2 Å². The molecule has 0 aromatic heterocycles. The van der Waals surface area contributed by atoms with E-state index >= 15 is 0 Å². The third-order valence-corrected chi connectivity index (χ3v) is 16.3. The fraction of sp³-hybridized carbons (Fsp3) is 0.211. The van der Waals surface area contributed by atoms with E-state index in [1.54, 1.807) is 73.7 Å². The van der Waals surface area contributed by atoms with Crippen LogP contribution in [0.5, 0.6) is 0 Å². The summed E-state index contributed by atoms with van der Waals surface area (Å²) in [5, 5.41) is 0. The van der Waals surface area contributed by atoms with Crippen LogP contribution in [0.2, 0.25) is 0 Å². The summed E-state index contributed by atoms with van der Waals surface area (Å²) in [5.74, 6) is -5.19. The summed E-state index contributed by atoms with van der Waals surface area (Å²) < 4.78 is 129. The van der Waals surface area contributed by atoms with Crippen molar-refractivity contribution in [2.75, 3.05) is 13.2 Å². The molecule has 10 heteroatoms. The van der Waals surface area contributed by atoms with E-state index in [2.05, 4.69) is 13.8 Å². The normalized spacial score (nSPS) is 16.6. The molecule has 2 heterocycles. The molecule has 2 aliphatic rings. The van der Waals surface area contributed by atoms with Crippen molar-refractivity contribution in [1.82, 2.24) is 0 Å². The number of benzene rings is 10. The van der Waals surface area contributed by atoms with Crippen LogP contribution in [0.3, 0.4) is 0 Å². The summed E-state index contributed by atoms with van der Waals surface area (Å²) in [6.07, 6.45) is 4.37. The van der Waals surface area contributed by atoms with E-state index in [4.69, 9.17) is 9.47 Å². The molecule has 0 spiro atoms. The van der Waals surface area contributed by atoms with E-state index in [9.17, 15) is 35.1 Å². The molecule has 4 unspecified atom stereocenters. The third-order valence-electron chi connectivity index (χ3n) is 16.3. The number of rotatable bonds is 9. The van der Waals surface area contributed by atoms with Crippen LogP contribution in [0, 0.1) is 86.1 Å². The SMILES string of the molecule is Cc1ccc(-c2ccc(-c3ccc(-c4ccc(C)cc4)c(F)c3F)cc2F)cc1.Cc1ccc(-c2ccc(-c3ccc(C4CCC(C)CO4)cc3)c(F)c2F)cc1.Cc1ccc(-c2ccc(-c3ccc(C4CCC(C)CO4)cc3)c(F)c2F)cc1F.